The maximum Gasteiger partial charge on any atom is 0.419 e. The standard InChI is InChI=1S/2C24H24F3N5O2.C14H11ClF3N3O.C10H14N2O/c2*1-14-11-15(23(34)32(3)4)9-10-18(14)31-21-12-20(17(13-29-21)24(25,26)27)30-19-8-6-5-7-16(19)22(33)28-2;1-19-13(22)8-4-2-3-5-10(8)21-11-6-12(15)20-7-9(11)14(16,17)18;1-7-6-8(4-5-9(7)11)10(13)12(2)3/h2*5-13H,1-4H3,(H,28,33)(H2,29,30,31);2-7H,1H3,(H,19,22)(H,20,21);4-6H,11H2,1-3H3. The normalized spacial score (nSPS) is 10.9. The number of nitrogens with one attached hydrogen (secondary N) is 8. The largest absolute Gasteiger partial charge is 0.419 e. The number of benzene rings is 6. The number of aromatic nitrogens is 3. The second-order valence-corrected chi connectivity index (χ2v) is 23.4. The Morgan fingerprint density at radius 2 is 0.660 bits per heavy atom. The van der Waals surface area contributed by atoms with Crippen LogP contribution < -0.4 is 48.3 Å². The van der Waals surface area contributed by atoms with Crippen molar-refractivity contribution in [1.82, 2.24) is 45.6 Å². The number of alkyl halides is 9. The Kier molecular flexibility index (Phi) is 27.1. The number of carbonyl (C=O) groups is 6. The number of hydrogen-bond donors (Lipinski definition) is 9. The lowest BCUT2D eigenvalue weighted by molar-refractivity contribution is -0.138. The number of nitrogens with zero attached hydrogens (tertiary/aromatic N) is 6. The van der Waals surface area contributed by atoms with Gasteiger partial charge < -0.3 is 63.0 Å². The molecule has 10 N–H and O–H groups in total. The van der Waals surface area contributed by atoms with Crippen LogP contribution in [0.2, 0.25) is 5.15 Å². The monoisotopic (exact) mass is 1450 g/mol. The van der Waals surface area contributed by atoms with E-state index in [0.717, 1.165) is 29.7 Å². The van der Waals surface area contributed by atoms with Crippen LogP contribution in [-0.2, 0) is 18.5 Å². The fourth-order valence-corrected chi connectivity index (χ4v) is 9.57. The van der Waals surface area contributed by atoms with Crippen molar-refractivity contribution in [3.05, 3.63) is 236 Å². The molecule has 6 aromatic carbocycles. The molecule has 0 spiro atoms. The summed E-state index contributed by atoms with van der Waals surface area (Å²) in [7, 11) is 14.4. The maximum atomic E-state index is 13.7. The number of anilines is 11. The molecule has 542 valence electrons. The summed E-state index contributed by atoms with van der Waals surface area (Å²) in [6, 6.07) is 37.5. The van der Waals surface area contributed by atoms with Gasteiger partial charge in [-0.1, -0.05) is 48.0 Å². The lowest BCUT2D eigenvalue weighted by Gasteiger charge is -2.18. The Morgan fingerprint density at radius 3 is 0.951 bits per heavy atom. The number of pyridine rings is 3. The van der Waals surface area contributed by atoms with Crippen LogP contribution in [0.5, 0.6) is 0 Å². The van der Waals surface area contributed by atoms with Gasteiger partial charge in [0.2, 0.25) is 0 Å². The summed E-state index contributed by atoms with van der Waals surface area (Å²) in [5.74, 6) is -1.31. The van der Waals surface area contributed by atoms with Gasteiger partial charge in [0.1, 0.15) is 16.8 Å². The third-order valence-electron chi connectivity index (χ3n) is 14.8. The number of para-hydroxylation sites is 3. The van der Waals surface area contributed by atoms with E-state index in [1.54, 1.807) is 152 Å². The minimum absolute atomic E-state index is 0.00287. The van der Waals surface area contributed by atoms with Crippen molar-refractivity contribution in [2.75, 3.05) is 95.7 Å². The SMILES string of the molecule is CNC(=O)c1ccccc1Nc1cc(Cl)ncc1C(F)(F)F.CNC(=O)c1ccccc1Nc1cc(Nc2ccc(C(=O)N(C)C)cc2C)ncc1C(F)(F)F.CNC(=O)c1ccccc1Nc1cc(Nc2ccc(C(=O)N(C)C)cc2C)ncc1C(F)(F)F.Cc1cc(C(=O)N(C)C)ccc1N. The first-order valence-corrected chi connectivity index (χ1v) is 31.1. The van der Waals surface area contributed by atoms with Gasteiger partial charge in [0, 0.05) is 128 Å². The molecule has 0 unspecified atom stereocenters. The molecule has 0 aliphatic heterocycles. The van der Waals surface area contributed by atoms with Crippen LogP contribution >= 0.6 is 11.6 Å². The summed E-state index contributed by atoms with van der Waals surface area (Å²) in [6.45, 7) is 5.44. The highest BCUT2D eigenvalue weighted by Gasteiger charge is 2.37. The molecule has 3 heterocycles. The molecule has 0 saturated heterocycles. The van der Waals surface area contributed by atoms with E-state index in [4.69, 9.17) is 17.3 Å². The Bertz CT molecular complexity index is 4380. The first-order valence-electron chi connectivity index (χ1n) is 30.7. The molecule has 6 amide bonds. The van der Waals surface area contributed by atoms with Gasteiger partial charge in [-0.15, -0.1) is 0 Å². The highest BCUT2D eigenvalue weighted by atomic mass is 35.5. The van der Waals surface area contributed by atoms with Crippen LogP contribution in [0.4, 0.5) is 102 Å². The van der Waals surface area contributed by atoms with Gasteiger partial charge >= 0.3 is 18.5 Å². The molecule has 21 nitrogen and oxygen atoms in total. The van der Waals surface area contributed by atoms with E-state index < -0.39 is 52.9 Å². The van der Waals surface area contributed by atoms with Crippen LogP contribution in [0.3, 0.4) is 0 Å². The molecule has 0 bridgehead atoms. The van der Waals surface area contributed by atoms with E-state index in [1.165, 1.54) is 79.5 Å². The lowest BCUT2D eigenvalue weighted by atomic mass is 10.1. The average Bonchev–Trinajstić information content (AvgIpc) is 0.808. The molecule has 0 aliphatic rings. The van der Waals surface area contributed by atoms with E-state index in [2.05, 4.69) is 57.5 Å². The first-order chi connectivity index (χ1) is 48.4. The van der Waals surface area contributed by atoms with Crippen molar-refractivity contribution in [3.8, 4) is 0 Å². The van der Waals surface area contributed by atoms with E-state index in [1.807, 2.05) is 6.92 Å². The third kappa shape index (κ3) is 21.8. The van der Waals surface area contributed by atoms with E-state index in [9.17, 15) is 68.3 Å². The molecular formula is C72H73ClF9N15O6. The fourth-order valence-electron chi connectivity index (χ4n) is 9.41. The molecule has 0 fully saturated rings. The molecule has 9 aromatic rings. The first kappa shape index (κ1) is 80.0. The minimum atomic E-state index is -4.67. The zero-order valence-corrected chi connectivity index (χ0v) is 58.3. The predicted molar refractivity (Wildman–Crippen MR) is 381 cm³/mol. The van der Waals surface area contributed by atoms with Crippen LogP contribution in [0, 0.1) is 20.8 Å². The molecular weight excluding hydrogens is 1380 g/mol. The third-order valence-corrected chi connectivity index (χ3v) is 15.0. The predicted octanol–water partition coefficient (Wildman–Crippen LogP) is 15.1. The molecule has 0 radical (unpaired) electrons. The van der Waals surface area contributed by atoms with E-state index >= 15 is 0 Å². The topological polar surface area (TPSA) is 273 Å². The molecule has 9 rings (SSSR count). The lowest BCUT2D eigenvalue weighted by Crippen LogP contribution is -2.21. The molecule has 103 heavy (non-hydrogen) atoms. The summed E-state index contributed by atoms with van der Waals surface area (Å²) in [6.07, 6.45) is -11.8. The summed E-state index contributed by atoms with van der Waals surface area (Å²) >= 11 is 5.67. The molecule has 0 saturated carbocycles. The Balaban J connectivity index is 0.000000227. The average molecular weight is 1450 g/mol. The smallest absolute Gasteiger partial charge is 0.399 e. The molecule has 0 atom stereocenters. The summed E-state index contributed by atoms with van der Waals surface area (Å²) in [4.78, 5) is 87.6. The number of amides is 6. The molecule has 3 aromatic heterocycles. The molecule has 0 aliphatic carbocycles. The van der Waals surface area contributed by atoms with Gasteiger partial charge in [0.05, 0.1) is 67.5 Å². The Morgan fingerprint density at radius 1 is 0.369 bits per heavy atom. The van der Waals surface area contributed by atoms with Crippen molar-refractivity contribution in [2.24, 2.45) is 0 Å². The van der Waals surface area contributed by atoms with Gasteiger partial charge in [-0.2, -0.15) is 39.5 Å². The number of nitrogens with two attached hydrogens (primary N) is 1. The zero-order chi connectivity index (χ0) is 76.4. The fraction of sp³-hybridized carbons (Fsp3) is 0.208. The van der Waals surface area contributed by atoms with Crippen LogP contribution in [0.1, 0.15) is 95.5 Å². The van der Waals surface area contributed by atoms with Crippen LogP contribution in [0.15, 0.2) is 164 Å². The summed E-state index contributed by atoms with van der Waals surface area (Å²) in [5.41, 5.74) is 9.08. The van der Waals surface area contributed by atoms with Crippen LogP contribution in [0.25, 0.3) is 0 Å². The second-order valence-electron chi connectivity index (χ2n) is 23.0. The van der Waals surface area contributed by atoms with Gasteiger partial charge in [-0.25, -0.2) is 15.0 Å². The maximum absolute atomic E-state index is 13.7. The van der Waals surface area contributed by atoms with Gasteiger partial charge in [0.15, 0.2) is 0 Å². The highest BCUT2D eigenvalue weighted by Crippen LogP contribution is 2.41. The minimum Gasteiger partial charge on any atom is -0.399 e. The van der Waals surface area contributed by atoms with Gasteiger partial charge in [-0.3, -0.25) is 28.8 Å². The quantitative estimate of drug-likeness (QED) is 0.0247. The highest BCUT2D eigenvalue weighted by molar-refractivity contribution is 6.29. The molecule has 31 heteroatoms. The number of rotatable bonds is 16. The van der Waals surface area contributed by atoms with E-state index in [0.29, 0.717) is 45.4 Å². The number of aryl methyl sites for hydroxylation is 3. The second kappa shape index (κ2) is 34.9. The van der Waals surface area contributed by atoms with Gasteiger partial charge in [0.25, 0.3) is 35.4 Å². The summed E-state index contributed by atoms with van der Waals surface area (Å²) < 4.78 is 121. The number of nitrogen functional groups attached to an aromatic ring is 1. The van der Waals surface area contributed by atoms with Crippen molar-refractivity contribution < 1.29 is 68.3 Å². The Hall–Kier alpha value is -12.0. The summed E-state index contributed by atoms with van der Waals surface area (Å²) in [5, 5.41) is 21.3. The zero-order valence-electron chi connectivity index (χ0n) is 57.6. The number of hydrogen-bond acceptors (Lipinski definition) is 15. The van der Waals surface area contributed by atoms with Crippen molar-refractivity contribution in [3.63, 3.8) is 0 Å². The van der Waals surface area contributed by atoms with E-state index in [-0.39, 0.29) is 85.3 Å². The number of halogens is 10. The van der Waals surface area contributed by atoms with Crippen LogP contribution in [-0.4, -0.2) is 129 Å². The number of carbonyl (C=O) groups excluding carboxylic acids is 6. The Labute approximate surface area is 592 Å². The van der Waals surface area contributed by atoms with Gasteiger partial charge in [-0.05, 0) is 135 Å². The van der Waals surface area contributed by atoms with Crippen molar-refractivity contribution in [1.29, 1.82) is 0 Å². The van der Waals surface area contributed by atoms with Crippen molar-refractivity contribution >= 4 is 110 Å². The van der Waals surface area contributed by atoms with Crippen molar-refractivity contribution in [2.45, 2.75) is 39.3 Å².